The van der Waals surface area contributed by atoms with Gasteiger partial charge in [0.2, 0.25) is 0 Å². The Kier molecular flexibility index (Phi) is 5.60. The van der Waals surface area contributed by atoms with E-state index in [4.69, 9.17) is 17.0 Å². The summed E-state index contributed by atoms with van der Waals surface area (Å²) in [4.78, 5) is 4.69. The minimum absolute atomic E-state index is 0.209. The highest BCUT2D eigenvalue weighted by Gasteiger charge is 2.19. The maximum Gasteiger partial charge on any atom is 0.170 e. The molecule has 2 heterocycles. The minimum Gasteiger partial charge on any atom is -0.497 e. The number of benzene rings is 2. The fourth-order valence-electron chi connectivity index (χ4n) is 3.31. The average Bonchev–Trinajstić information content (AvgIpc) is 3.39. The maximum atomic E-state index is 5.52. The van der Waals surface area contributed by atoms with Crippen LogP contribution in [0, 0.1) is 0 Å². The highest BCUT2D eigenvalue weighted by atomic mass is 32.1. The zero-order valence-electron chi connectivity index (χ0n) is 15.4. The molecule has 0 aliphatic carbocycles. The number of aromatic amines is 1. The number of hydrogen-bond donors (Lipinski definition) is 3. The summed E-state index contributed by atoms with van der Waals surface area (Å²) in [6, 6.07) is 20.4. The molecule has 6 heteroatoms. The molecule has 0 amide bonds. The van der Waals surface area contributed by atoms with Crippen LogP contribution in [-0.2, 0) is 0 Å². The van der Waals surface area contributed by atoms with E-state index in [1.807, 2.05) is 30.3 Å². The Bertz CT molecular complexity index is 1070. The van der Waals surface area contributed by atoms with Crippen molar-refractivity contribution in [2.45, 2.75) is 5.92 Å². The van der Waals surface area contributed by atoms with Gasteiger partial charge in [0.25, 0.3) is 0 Å². The Balaban J connectivity index is 1.51. The zero-order valence-corrected chi connectivity index (χ0v) is 17.1. The molecule has 0 unspecified atom stereocenters. The van der Waals surface area contributed by atoms with Gasteiger partial charge >= 0.3 is 0 Å². The lowest BCUT2D eigenvalue weighted by Crippen LogP contribution is -2.32. The number of fused-ring (bicyclic) bond motifs is 1. The number of aromatic nitrogens is 1. The van der Waals surface area contributed by atoms with Crippen LogP contribution in [-0.4, -0.2) is 23.8 Å². The Morgan fingerprint density at radius 2 is 2.04 bits per heavy atom. The molecule has 28 heavy (non-hydrogen) atoms. The predicted molar refractivity (Wildman–Crippen MR) is 122 cm³/mol. The van der Waals surface area contributed by atoms with E-state index in [0.717, 1.165) is 17.0 Å². The number of ether oxygens (including phenoxy) is 1. The molecule has 0 aliphatic heterocycles. The topological polar surface area (TPSA) is 49.1 Å². The molecule has 4 aromatic rings. The number of methoxy groups -OCH3 is 1. The van der Waals surface area contributed by atoms with Gasteiger partial charge in [0.1, 0.15) is 5.75 Å². The molecule has 0 saturated heterocycles. The molecule has 0 bridgehead atoms. The standard InChI is InChI=1S/C22H21N3OS2/c1-26-16-7-4-6-15(12-16)25-22(27)24-14-19(21-10-5-11-28-21)18-13-23-20-9-3-2-8-17(18)20/h2-13,19,23H,14H2,1H3,(H2,24,25,27)/t19-/m0/s1. The van der Waals surface area contributed by atoms with E-state index in [9.17, 15) is 0 Å². The number of para-hydroxylation sites is 1. The monoisotopic (exact) mass is 407 g/mol. The lowest BCUT2D eigenvalue weighted by molar-refractivity contribution is 0.415. The van der Waals surface area contributed by atoms with Gasteiger partial charge in [-0.2, -0.15) is 0 Å². The van der Waals surface area contributed by atoms with Crippen LogP contribution in [0.4, 0.5) is 5.69 Å². The van der Waals surface area contributed by atoms with Crippen molar-refractivity contribution < 1.29 is 4.74 Å². The van der Waals surface area contributed by atoms with Crippen molar-refractivity contribution in [2.75, 3.05) is 19.0 Å². The molecule has 0 spiro atoms. The van der Waals surface area contributed by atoms with Crippen molar-refractivity contribution in [3.05, 3.63) is 82.7 Å². The van der Waals surface area contributed by atoms with E-state index in [1.54, 1.807) is 18.4 Å². The lowest BCUT2D eigenvalue weighted by Gasteiger charge is -2.18. The third-order valence-electron chi connectivity index (χ3n) is 4.68. The molecule has 142 valence electrons. The van der Waals surface area contributed by atoms with Crippen LogP contribution >= 0.6 is 23.6 Å². The molecule has 0 radical (unpaired) electrons. The second kappa shape index (κ2) is 8.46. The number of rotatable bonds is 6. The van der Waals surface area contributed by atoms with E-state index >= 15 is 0 Å². The van der Waals surface area contributed by atoms with Crippen LogP contribution in [0.2, 0.25) is 0 Å². The maximum absolute atomic E-state index is 5.52. The van der Waals surface area contributed by atoms with Gasteiger partial charge in [-0.1, -0.05) is 30.3 Å². The number of thiophene rings is 1. The van der Waals surface area contributed by atoms with Crippen LogP contribution in [0.3, 0.4) is 0 Å². The van der Waals surface area contributed by atoms with E-state index in [2.05, 4.69) is 57.5 Å². The summed E-state index contributed by atoms with van der Waals surface area (Å²) in [6.07, 6.45) is 2.11. The summed E-state index contributed by atoms with van der Waals surface area (Å²) >= 11 is 7.29. The molecule has 2 aromatic carbocycles. The van der Waals surface area contributed by atoms with Crippen molar-refractivity contribution in [1.82, 2.24) is 10.3 Å². The summed E-state index contributed by atoms with van der Waals surface area (Å²) in [5, 5.41) is 10.6. The smallest absolute Gasteiger partial charge is 0.170 e. The van der Waals surface area contributed by atoms with Crippen LogP contribution in [0.1, 0.15) is 16.4 Å². The second-order valence-electron chi connectivity index (χ2n) is 6.42. The Morgan fingerprint density at radius 1 is 1.14 bits per heavy atom. The first kappa shape index (κ1) is 18.5. The average molecular weight is 408 g/mol. The second-order valence-corrected chi connectivity index (χ2v) is 7.81. The van der Waals surface area contributed by atoms with Crippen LogP contribution in [0.15, 0.2) is 72.2 Å². The molecule has 3 N–H and O–H groups in total. The largest absolute Gasteiger partial charge is 0.497 e. The summed E-state index contributed by atoms with van der Waals surface area (Å²) < 4.78 is 5.27. The first-order chi connectivity index (χ1) is 13.7. The summed E-state index contributed by atoms with van der Waals surface area (Å²) in [5.41, 5.74) is 3.32. The molecule has 1 atom stereocenters. The van der Waals surface area contributed by atoms with Gasteiger partial charge in [-0.3, -0.25) is 0 Å². The van der Waals surface area contributed by atoms with E-state index < -0.39 is 0 Å². The molecule has 4 rings (SSSR count). The van der Waals surface area contributed by atoms with Crippen molar-refractivity contribution in [1.29, 1.82) is 0 Å². The predicted octanol–water partition coefficient (Wildman–Crippen LogP) is 5.36. The van der Waals surface area contributed by atoms with Gasteiger partial charge in [0.05, 0.1) is 7.11 Å². The molecule has 0 fully saturated rings. The molecule has 4 nitrogen and oxygen atoms in total. The molecular formula is C22H21N3OS2. The number of hydrogen-bond acceptors (Lipinski definition) is 3. The highest BCUT2D eigenvalue weighted by Crippen LogP contribution is 2.32. The van der Waals surface area contributed by atoms with Crippen molar-refractivity contribution in [2.24, 2.45) is 0 Å². The highest BCUT2D eigenvalue weighted by molar-refractivity contribution is 7.80. The minimum atomic E-state index is 0.209. The van der Waals surface area contributed by atoms with Crippen molar-refractivity contribution in [3.8, 4) is 5.75 Å². The van der Waals surface area contributed by atoms with Gasteiger partial charge in [0.15, 0.2) is 5.11 Å². The van der Waals surface area contributed by atoms with Gasteiger partial charge in [-0.15, -0.1) is 11.3 Å². The zero-order chi connectivity index (χ0) is 19.3. The van der Waals surface area contributed by atoms with Gasteiger partial charge in [0, 0.05) is 46.2 Å². The number of thiocarbonyl (C=S) groups is 1. The van der Waals surface area contributed by atoms with E-state index in [-0.39, 0.29) is 5.92 Å². The fraction of sp³-hybridized carbons (Fsp3) is 0.136. The van der Waals surface area contributed by atoms with Gasteiger partial charge < -0.3 is 20.4 Å². The molecule has 0 aliphatic rings. The normalized spacial score (nSPS) is 11.9. The van der Waals surface area contributed by atoms with E-state index in [0.29, 0.717) is 11.7 Å². The van der Waals surface area contributed by atoms with Crippen LogP contribution in [0.25, 0.3) is 10.9 Å². The number of nitrogens with one attached hydrogen (secondary N) is 3. The quantitative estimate of drug-likeness (QED) is 0.377. The number of H-pyrrole nitrogens is 1. The SMILES string of the molecule is COc1cccc(NC(=S)NC[C@H](c2cccs2)c2c[nH]c3ccccc23)c1. The van der Waals surface area contributed by atoms with Crippen LogP contribution < -0.4 is 15.4 Å². The molecular weight excluding hydrogens is 386 g/mol. The van der Waals surface area contributed by atoms with Crippen molar-refractivity contribution in [3.63, 3.8) is 0 Å². The molecule has 0 saturated carbocycles. The molecule has 2 aromatic heterocycles. The third-order valence-corrected chi connectivity index (χ3v) is 5.91. The number of anilines is 1. The summed E-state index contributed by atoms with van der Waals surface area (Å²) in [7, 11) is 1.66. The Labute approximate surface area is 173 Å². The summed E-state index contributed by atoms with van der Waals surface area (Å²) in [5.74, 6) is 1.00. The van der Waals surface area contributed by atoms with Gasteiger partial charge in [-0.05, 0) is 47.4 Å². The first-order valence-corrected chi connectivity index (χ1v) is 10.3. The Hall–Kier alpha value is -2.83. The summed E-state index contributed by atoms with van der Waals surface area (Å²) in [6.45, 7) is 0.707. The Morgan fingerprint density at radius 3 is 2.86 bits per heavy atom. The fourth-order valence-corrected chi connectivity index (χ4v) is 4.35. The van der Waals surface area contributed by atoms with Crippen molar-refractivity contribution >= 4 is 45.3 Å². The van der Waals surface area contributed by atoms with Gasteiger partial charge in [-0.25, -0.2) is 0 Å². The van der Waals surface area contributed by atoms with Crippen LogP contribution in [0.5, 0.6) is 5.75 Å². The first-order valence-electron chi connectivity index (χ1n) is 9.03. The lowest BCUT2D eigenvalue weighted by atomic mass is 9.97. The third kappa shape index (κ3) is 4.03. The van der Waals surface area contributed by atoms with E-state index in [1.165, 1.54) is 15.8 Å².